The quantitative estimate of drug-likeness (QED) is 0.878. The average molecular weight is 290 g/mol. The van der Waals surface area contributed by atoms with Crippen molar-refractivity contribution in [2.24, 2.45) is 4.99 Å². The van der Waals surface area contributed by atoms with E-state index in [1.165, 1.54) is 17.4 Å². The highest BCUT2D eigenvalue weighted by atomic mass is 32.1. The number of carbonyl (C=O) groups is 1. The Kier molecular flexibility index (Phi) is 3.44. The van der Waals surface area contributed by atoms with Gasteiger partial charge in [-0.15, -0.1) is 11.3 Å². The molecule has 2 aromatic rings. The van der Waals surface area contributed by atoms with E-state index in [0.717, 1.165) is 0 Å². The molecule has 0 aliphatic carbocycles. The van der Waals surface area contributed by atoms with Crippen molar-refractivity contribution in [2.45, 2.75) is 6.61 Å². The zero-order valence-corrected chi connectivity index (χ0v) is 11.1. The minimum absolute atomic E-state index is 0.150. The van der Waals surface area contributed by atoms with Gasteiger partial charge in [0.05, 0.1) is 12.2 Å². The number of carboxylic acids is 1. The predicted octanol–water partition coefficient (Wildman–Crippen LogP) is 2.46. The number of aromatic nitrogens is 1. The number of benzene rings is 1. The van der Waals surface area contributed by atoms with Crippen LogP contribution in [0.4, 0.5) is 5.13 Å². The van der Waals surface area contributed by atoms with Gasteiger partial charge in [-0.1, -0.05) is 0 Å². The minimum Gasteiger partial charge on any atom is -0.478 e. The lowest BCUT2D eigenvalue weighted by molar-refractivity contribution is -0.0165. The van der Waals surface area contributed by atoms with Gasteiger partial charge in [0, 0.05) is 28.9 Å². The first-order chi connectivity index (χ1) is 9.74. The van der Waals surface area contributed by atoms with Gasteiger partial charge in [-0.25, -0.2) is 14.8 Å². The summed E-state index contributed by atoms with van der Waals surface area (Å²) >= 11 is 1.40. The van der Waals surface area contributed by atoms with Crippen LogP contribution in [0.5, 0.6) is 5.75 Å². The van der Waals surface area contributed by atoms with Crippen LogP contribution in [0, 0.1) is 0 Å². The highest BCUT2D eigenvalue weighted by Crippen LogP contribution is 2.29. The van der Waals surface area contributed by atoms with Crippen molar-refractivity contribution in [2.75, 3.05) is 6.79 Å². The molecule has 0 spiro atoms. The zero-order valence-electron chi connectivity index (χ0n) is 10.3. The maximum Gasteiger partial charge on any atom is 0.335 e. The molecule has 1 aliphatic rings. The van der Waals surface area contributed by atoms with Crippen molar-refractivity contribution in [3.63, 3.8) is 0 Å². The van der Waals surface area contributed by atoms with Crippen LogP contribution in [0.1, 0.15) is 21.5 Å². The fourth-order valence-corrected chi connectivity index (χ4v) is 2.35. The summed E-state index contributed by atoms with van der Waals surface area (Å²) in [5.41, 5.74) is 1.49. The second-order valence-electron chi connectivity index (χ2n) is 4.04. The van der Waals surface area contributed by atoms with Gasteiger partial charge < -0.3 is 14.6 Å². The number of hydrogen-bond donors (Lipinski definition) is 1. The third kappa shape index (κ3) is 2.54. The van der Waals surface area contributed by atoms with E-state index in [-0.39, 0.29) is 12.4 Å². The first-order valence-electron chi connectivity index (χ1n) is 5.78. The molecule has 20 heavy (non-hydrogen) atoms. The Morgan fingerprint density at radius 3 is 3.15 bits per heavy atom. The molecule has 0 saturated heterocycles. The van der Waals surface area contributed by atoms with Crippen molar-refractivity contribution in [3.05, 3.63) is 40.4 Å². The molecule has 0 bridgehead atoms. The summed E-state index contributed by atoms with van der Waals surface area (Å²) in [4.78, 5) is 19.4. The van der Waals surface area contributed by atoms with Crippen molar-refractivity contribution in [1.82, 2.24) is 4.98 Å². The van der Waals surface area contributed by atoms with E-state index in [0.29, 0.717) is 28.6 Å². The van der Waals surface area contributed by atoms with Crippen molar-refractivity contribution in [1.29, 1.82) is 0 Å². The number of fused-ring (bicyclic) bond motifs is 1. The van der Waals surface area contributed by atoms with Crippen LogP contribution < -0.4 is 4.74 Å². The van der Waals surface area contributed by atoms with E-state index in [4.69, 9.17) is 14.6 Å². The van der Waals surface area contributed by atoms with Gasteiger partial charge >= 0.3 is 5.97 Å². The van der Waals surface area contributed by atoms with E-state index in [2.05, 4.69) is 9.98 Å². The van der Waals surface area contributed by atoms with Gasteiger partial charge in [0.15, 0.2) is 6.79 Å². The highest BCUT2D eigenvalue weighted by molar-refractivity contribution is 7.13. The number of hydrogen-bond acceptors (Lipinski definition) is 6. The summed E-state index contributed by atoms with van der Waals surface area (Å²) in [6.45, 7) is 0.478. The van der Waals surface area contributed by atoms with E-state index in [1.54, 1.807) is 18.5 Å². The molecule has 1 aromatic carbocycles. The Morgan fingerprint density at radius 1 is 1.50 bits per heavy atom. The molecule has 7 heteroatoms. The van der Waals surface area contributed by atoms with E-state index >= 15 is 0 Å². The van der Waals surface area contributed by atoms with Gasteiger partial charge in [-0.2, -0.15) is 0 Å². The third-order valence-corrected chi connectivity index (χ3v) is 3.40. The lowest BCUT2D eigenvalue weighted by Crippen LogP contribution is -2.14. The second-order valence-corrected chi connectivity index (χ2v) is 4.92. The summed E-state index contributed by atoms with van der Waals surface area (Å²) in [5, 5.41) is 11.5. The number of carboxylic acid groups (broad SMARTS) is 1. The van der Waals surface area contributed by atoms with Crippen LogP contribution in [0.15, 0.2) is 28.7 Å². The van der Waals surface area contributed by atoms with E-state index in [1.807, 2.05) is 5.38 Å². The summed E-state index contributed by atoms with van der Waals surface area (Å²) in [5.74, 6) is -0.385. The van der Waals surface area contributed by atoms with Crippen LogP contribution in [0.25, 0.3) is 0 Å². The summed E-state index contributed by atoms with van der Waals surface area (Å²) in [6.07, 6.45) is 3.22. The van der Waals surface area contributed by atoms with Crippen LogP contribution in [0.3, 0.4) is 0 Å². The Labute approximate surface area is 118 Å². The molecule has 0 fully saturated rings. The lowest BCUT2D eigenvalue weighted by Gasteiger charge is -2.19. The molecule has 1 N–H and O–H groups in total. The molecule has 6 nitrogen and oxygen atoms in total. The first kappa shape index (κ1) is 12.8. The maximum absolute atomic E-state index is 11.1. The molecule has 0 saturated carbocycles. The number of nitrogens with zero attached hydrogens (tertiary/aromatic N) is 2. The second kappa shape index (κ2) is 5.40. The fraction of sp³-hybridized carbons (Fsp3) is 0.154. The SMILES string of the molecule is O=C(O)c1cc(/C=N/c2nccs2)c2c(c1)COCO2. The molecule has 102 valence electrons. The van der Waals surface area contributed by atoms with Gasteiger partial charge in [0.25, 0.3) is 0 Å². The predicted molar refractivity (Wildman–Crippen MR) is 73.1 cm³/mol. The van der Waals surface area contributed by atoms with Gasteiger partial charge in [-0.05, 0) is 12.1 Å². The van der Waals surface area contributed by atoms with Crippen LogP contribution in [-0.2, 0) is 11.3 Å². The monoisotopic (exact) mass is 290 g/mol. The molecule has 0 atom stereocenters. The standard InChI is InChI=1S/C13H10N2O4S/c16-12(17)8-3-9(5-15-13-14-1-2-20-13)11-10(4-8)6-18-7-19-11/h1-5H,6-7H2,(H,16,17)/b15-5+. The van der Waals surface area contributed by atoms with Crippen molar-refractivity contribution < 1.29 is 19.4 Å². The van der Waals surface area contributed by atoms with Crippen LogP contribution >= 0.6 is 11.3 Å². The zero-order chi connectivity index (χ0) is 13.9. The summed E-state index contributed by atoms with van der Waals surface area (Å²) in [7, 11) is 0. The molecule has 0 radical (unpaired) electrons. The molecule has 2 heterocycles. The van der Waals surface area contributed by atoms with Crippen molar-refractivity contribution in [3.8, 4) is 5.75 Å². The van der Waals surface area contributed by atoms with Gasteiger partial charge in [0.2, 0.25) is 5.13 Å². The Balaban J connectivity index is 2.03. The molecule has 1 aromatic heterocycles. The Morgan fingerprint density at radius 2 is 2.40 bits per heavy atom. The van der Waals surface area contributed by atoms with Gasteiger partial charge in [-0.3, -0.25) is 0 Å². The van der Waals surface area contributed by atoms with E-state index in [9.17, 15) is 4.79 Å². The minimum atomic E-state index is -0.998. The fourth-order valence-electron chi connectivity index (χ4n) is 1.87. The lowest BCUT2D eigenvalue weighted by atomic mass is 10.0. The maximum atomic E-state index is 11.1. The number of aliphatic imine (C=N–C) groups is 1. The first-order valence-corrected chi connectivity index (χ1v) is 6.66. The molecule has 3 rings (SSSR count). The molecule has 1 aliphatic heterocycles. The topological polar surface area (TPSA) is 81.0 Å². The Hall–Kier alpha value is -2.25. The largest absolute Gasteiger partial charge is 0.478 e. The number of thiazole rings is 1. The third-order valence-electron chi connectivity index (χ3n) is 2.72. The summed E-state index contributed by atoms with van der Waals surface area (Å²) < 4.78 is 10.6. The molecule has 0 amide bonds. The van der Waals surface area contributed by atoms with Crippen LogP contribution in [-0.4, -0.2) is 29.1 Å². The molecular formula is C13H10N2O4S. The number of aromatic carboxylic acids is 1. The van der Waals surface area contributed by atoms with Crippen molar-refractivity contribution >= 4 is 28.7 Å². The molecule has 0 unspecified atom stereocenters. The number of rotatable bonds is 3. The average Bonchev–Trinajstić information content (AvgIpc) is 2.97. The molecular weight excluding hydrogens is 280 g/mol. The van der Waals surface area contributed by atoms with Crippen LogP contribution in [0.2, 0.25) is 0 Å². The number of ether oxygens (including phenoxy) is 2. The normalized spacial score (nSPS) is 14.0. The van der Waals surface area contributed by atoms with E-state index < -0.39 is 5.97 Å². The highest BCUT2D eigenvalue weighted by Gasteiger charge is 2.18. The Bertz CT molecular complexity index is 667. The smallest absolute Gasteiger partial charge is 0.335 e. The summed E-state index contributed by atoms with van der Waals surface area (Å²) in [6, 6.07) is 3.08. The van der Waals surface area contributed by atoms with Gasteiger partial charge in [0.1, 0.15) is 5.75 Å².